The standard InChI is InChI=1S/C11H13BrFNO4/c1-7(15)9-5-8(12)6-10(14(16)17)11(9)18-4-2-3-13/h5-7,15H,2-4H2,1H3. The summed E-state index contributed by atoms with van der Waals surface area (Å²) in [5.74, 6) is -0.00773. The second-order valence-corrected chi connectivity index (χ2v) is 4.58. The van der Waals surface area contributed by atoms with Crippen LogP contribution in [0.2, 0.25) is 0 Å². The molecule has 0 spiro atoms. The van der Waals surface area contributed by atoms with Crippen LogP contribution in [0.15, 0.2) is 16.6 Å². The van der Waals surface area contributed by atoms with E-state index in [0.717, 1.165) is 0 Å². The summed E-state index contributed by atoms with van der Waals surface area (Å²) in [7, 11) is 0. The molecule has 1 aromatic carbocycles. The average Bonchev–Trinajstić information content (AvgIpc) is 2.30. The number of aliphatic hydroxyl groups is 1. The molecule has 0 amide bonds. The molecule has 0 fully saturated rings. The van der Waals surface area contributed by atoms with E-state index in [0.29, 0.717) is 10.0 Å². The van der Waals surface area contributed by atoms with Gasteiger partial charge in [-0.3, -0.25) is 14.5 Å². The molecule has 0 bridgehead atoms. The van der Waals surface area contributed by atoms with Crippen molar-refractivity contribution in [1.29, 1.82) is 0 Å². The van der Waals surface area contributed by atoms with Crippen LogP contribution in [0.1, 0.15) is 25.0 Å². The highest BCUT2D eigenvalue weighted by molar-refractivity contribution is 9.10. The van der Waals surface area contributed by atoms with Gasteiger partial charge in [0.05, 0.1) is 24.3 Å². The lowest BCUT2D eigenvalue weighted by Crippen LogP contribution is -2.06. The van der Waals surface area contributed by atoms with Crippen molar-refractivity contribution >= 4 is 21.6 Å². The Hall–Kier alpha value is -1.21. The second kappa shape index (κ2) is 6.65. The SMILES string of the molecule is CC(O)c1cc(Br)cc([N+](=O)[O-])c1OCCCF. The van der Waals surface area contributed by atoms with Crippen molar-refractivity contribution < 1.29 is 19.2 Å². The fraction of sp³-hybridized carbons (Fsp3) is 0.455. The lowest BCUT2D eigenvalue weighted by atomic mass is 10.1. The number of hydrogen-bond acceptors (Lipinski definition) is 4. The zero-order chi connectivity index (χ0) is 13.7. The van der Waals surface area contributed by atoms with Gasteiger partial charge in [-0.1, -0.05) is 15.9 Å². The number of nitro benzene ring substituents is 1. The van der Waals surface area contributed by atoms with Crippen LogP contribution in [-0.2, 0) is 0 Å². The predicted octanol–water partition coefficient (Wildman–Crippen LogP) is 3.15. The van der Waals surface area contributed by atoms with Gasteiger partial charge >= 0.3 is 5.69 Å². The van der Waals surface area contributed by atoms with E-state index in [1.54, 1.807) is 6.07 Å². The van der Waals surface area contributed by atoms with E-state index in [1.807, 2.05) is 0 Å². The highest BCUT2D eigenvalue weighted by Crippen LogP contribution is 2.37. The molecule has 0 aliphatic carbocycles. The fourth-order valence-corrected chi connectivity index (χ4v) is 1.90. The number of hydrogen-bond donors (Lipinski definition) is 1. The Balaban J connectivity index is 3.18. The molecular formula is C11H13BrFNO4. The van der Waals surface area contributed by atoms with Crippen molar-refractivity contribution in [3.05, 3.63) is 32.3 Å². The molecule has 1 atom stereocenters. The third-order valence-corrected chi connectivity index (χ3v) is 2.69. The summed E-state index contributed by atoms with van der Waals surface area (Å²) in [5, 5.41) is 20.5. The first-order valence-electron chi connectivity index (χ1n) is 5.32. The highest BCUT2D eigenvalue weighted by atomic mass is 79.9. The fourth-order valence-electron chi connectivity index (χ4n) is 1.43. The van der Waals surface area contributed by atoms with Gasteiger partial charge in [0.2, 0.25) is 5.75 Å². The third-order valence-electron chi connectivity index (χ3n) is 2.23. The van der Waals surface area contributed by atoms with E-state index >= 15 is 0 Å². The molecule has 100 valence electrons. The summed E-state index contributed by atoms with van der Waals surface area (Å²) in [6.45, 7) is 0.945. The quantitative estimate of drug-likeness (QED) is 0.496. The maximum Gasteiger partial charge on any atom is 0.312 e. The first-order valence-corrected chi connectivity index (χ1v) is 6.11. The van der Waals surface area contributed by atoms with Crippen molar-refractivity contribution in [3.63, 3.8) is 0 Å². The Kier molecular flexibility index (Phi) is 5.49. The number of ether oxygens (including phenoxy) is 1. The summed E-state index contributed by atoms with van der Waals surface area (Å²) in [6, 6.07) is 2.83. The van der Waals surface area contributed by atoms with Crippen molar-refractivity contribution in [1.82, 2.24) is 0 Å². The Labute approximate surface area is 112 Å². The smallest absolute Gasteiger partial charge is 0.312 e. The monoisotopic (exact) mass is 321 g/mol. The number of halogens is 2. The summed E-state index contributed by atoms with van der Waals surface area (Å²) in [4.78, 5) is 10.3. The second-order valence-electron chi connectivity index (χ2n) is 3.67. The van der Waals surface area contributed by atoms with Crippen LogP contribution in [0.4, 0.5) is 10.1 Å². The molecular weight excluding hydrogens is 309 g/mol. The van der Waals surface area contributed by atoms with E-state index in [9.17, 15) is 19.6 Å². The molecule has 1 unspecified atom stereocenters. The van der Waals surface area contributed by atoms with E-state index in [-0.39, 0.29) is 24.5 Å². The lowest BCUT2D eigenvalue weighted by Gasteiger charge is -2.13. The van der Waals surface area contributed by atoms with Gasteiger partial charge in [-0.25, -0.2) is 0 Å². The number of nitro groups is 1. The van der Waals surface area contributed by atoms with Gasteiger partial charge in [0, 0.05) is 22.5 Å². The molecule has 18 heavy (non-hydrogen) atoms. The van der Waals surface area contributed by atoms with Gasteiger partial charge < -0.3 is 9.84 Å². The molecule has 1 aromatic rings. The lowest BCUT2D eigenvalue weighted by molar-refractivity contribution is -0.386. The maximum atomic E-state index is 12.0. The van der Waals surface area contributed by atoms with Crippen molar-refractivity contribution in [2.24, 2.45) is 0 Å². The summed E-state index contributed by atoms with van der Waals surface area (Å²) in [5.41, 5.74) is 0.0501. The zero-order valence-corrected chi connectivity index (χ0v) is 11.3. The van der Waals surface area contributed by atoms with Crippen molar-refractivity contribution in [2.45, 2.75) is 19.4 Å². The number of nitrogens with zero attached hydrogens (tertiary/aromatic N) is 1. The number of aliphatic hydroxyl groups excluding tert-OH is 1. The largest absolute Gasteiger partial charge is 0.486 e. The average molecular weight is 322 g/mol. The Morgan fingerprint density at radius 2 is 2.28 bits per heavy atom. The van der Waals surface area contributed by atoms with Gasteiger partial charge in [-0.2, -0.15) is 0 Å². The summed E-state index contributed by atoms with van der Waals surface area (Å²) in [6.07, 6.45) is -0.770. The molecule has 0 heterocycles. The minimum Gasteiger partial charge on any atom is -0.486 e. The molecule has 0 saturated heterocycles. The topological polar surface area (TPSA) is 72.6 Å². The highest BCUT2D eigenvalue weighted by Gasteiger charge is 2.23. The van der Waals surface area contributed by atoms with Gasteiger partial charge in [0.1, 0.15) is 0 Å². The van der Waals surface area contributed by atoms with Crippen LogP contribution in [0, 0.1) is 10.1 Å². The minimum absolute atomic E-state index is 0.00773. The zero-order valence-electron chi connectivity index (χ0n) is 9.73. The molecule has 7 heteroatoms. The van der Waals surface area contributed by atoms with Gasteiger partial charge in [0.15, 0.2) is 0 Å². The van der Waals surface area contributed by atoms with E-state index < -0.39 is 17.7 Å². The summed E-state index contributed by atoms with van der Waals surface area (Å²) >= 11 is 3.13. The molecule has 0 aliphatic rings. The van der Waals surface area contributed by atoms with Crippen LogP contribution in [-0.4, -0.2) is 23.3 Å². The third kappa shape index (κ3) is 3.64. The van der Waals surface area contributed by atoms with Crippen LogP contribution < -0.4 is 4.74 Å². The van der Waals surface area contributed by atoms with E-state index in [2.05, 4.69) is 15.9 Å². The number of rotatable bonds is 6. The van der Waals surface area contributed by atoms with Gasteiger partial charge in [-0.05, 0) is 13.0 Å². The van der Waals surface area contributed by atoms with E-state index in [1.165, 1.54) is 13.0 Å². The minimum atomic E-state index is -0.915. The Morgan fingerprint density at radius 1 is 1.61 bits per heavy atom. The number of alkyl halides is 1. The first-order chi connectivity index (χ1) is 8.47. The molecule has 5 nitrogen and oxygen atoms in total. The van der Waals surface area contributed by atoms with E-state index in [4.69, 9.17) is 4.74 Å². The van der Waals surface area contributed by atoms with Gasteiger partial charge in [0.25, 0.3) is 0 Å². The number of benzene rings is 1. The molecule has 0 aromatic heterocycles. The molecule has 0 radical (unpaired) electrons. The predicted molar refractivity (Wildman–Crippen MR) is 67.5 cm³/mol. The Morgan fingerprint density at radius 3 is 2.78 bits per heavy atom. The van der Waals surface area contributed by atoms with Crippen LogP contribution in [0.5, 0.6) is 5.75 Å². The van der Waals surface area contributed by atoms with Crippen LogP contribution in [0.25, 0.3) is 0 Å². The molecule has 0 aliphatic heterocycles. The van der Waals surface area contributed by atoms with Crippen LogP contribution >= 0.6 is 15.9 Å². The maximum absolute atomic E-state index is 12.0. The molecule has 1 N–H and O–H groups in total. The van der Waals surface area contributed by atoms with Crippen LogP contribution in [0.3, 0.4) is 0 Å². The first kappa shape index (κ1) is 14.8. The summed E-state index contributed by atoms with van der Waals surface area (Å²) < 4.78 is 17.7. The normalized spacial score (nSPS) is 12.2. The molecule has 1 rings (SSSR count). The van der Waals surface area contributed by atoms with Crippen molar-refractivity contribution in [2.75, 3.05) is 13.3 Å². The Bertz CT molecular complexity index is 439. The molecule has 0 saturated carbocycles. The van der Waals surface area contributed by atoms with Gasteiger partial charge in [-0.15, -0.1) is 0 Å². The van der Waals surface area contributed by atoms with Crippen molar-refractivity contribution in [3.8, 4) is 5.75 Å².